The van der Waals surface area contributed by atoms with Gasteiger partial charge >= 0.3 is 0 Å². The molecule has 0 spiro atoms. The van der Waals surface area contributed by atoms with Crippen molar-refractivity contribution in [1.82, 2.24) is 10.1 Å². The number of hydrogen-bond acceptors (Lipinski definition) is 7. The fraction of sp³-hybridized carbons (Fsp3) is 0.500. The van der Waals surface area contributed by atoms with Crippen molar-refractivity contribution in [3.05, 3.63) is 17.3 Å². The van der Waals surface area contributed by atoms with Crippen molar-refractivity contribution in [2.24, 2.45) is 0 Å². The molecule has 1 aliphatic rings. The van der Waals surface area contributed by atoms with Gasteiger partial charge in [0.05, 0.1) is 5.69 Å². The minimum atomic E-state index is -0.508. The lowest BCUT2D eigenvalue weighted by Gasteiger charge is -2.32. The van der Waals surface area contributed by atoms with E-state index in [0.717, 1.165) is 17.7 Å². The third kappa shape index (κ3) is 2.13. The molecule has 102 valence electrons. The highest BCUT2D eigenvalue weighted by Gasteiger charge is 2.39. The van der Waals surface area contributed by atoms with Gasteiger partial charge < -0.3 is 19.7 Å². The van der Waals surface area contributed by atoms with Crippen LogP contribution in [0, 0.1) is 0 Å². The van der Waals surface area contributed by atoms with Gasteiger partial charge in [-0.15, -0.1) is 11.3 Å². The fourth-order valence-corrected chi connectivity index (χ4v) is 2.95. The summed E-state index contributed by atoms with van der Waals surface area (Å²) in [6.45, 7) is 1.28. The van der Waals surface area contributed by atoms with Crippen molar-refractivity contribution in [2.45, 2.75) is 18.4 Å². The van der Waals surface area contributed by atoms with Crippen molar-refractivity contribution in [2.75, 3.05) is 26.1 Å². The number of nitrogens with two attached hydrogens (primary N) is 1. The van der Waals surface area contributed by atoms with Crippen LogP contribution in [0.25, 0.3) is 10.8 Å². The SMILES string of the molecule is COC1(c2noc(-c3sccc3N)n2)CCOCC1. The zero-order valence-electron chi connectivity index (χ0n) is 10.6. The molecule has 3 heterocycles. The summed E-state index contributed by atoms with van der Waals surface area (Å²) in [5.41, 5.74) is 6.00. The summed E-state index contributed by atoms with van der Waals surface area (Å²) in [7, 11) is 1.67. The lowest BCUT2D eigenvalue weighted by Crippen LogP contribution is -2.36. The molecule has 0 saturated carbocycles. The molecule has 3 rings (SSSR count). The maximum atomic E-state index is 5.86. The number of aromatic nitrogens is 2. The van der Waals surface area contributed by atoms with E-state index in [1.54, 1.807) is 7.11 Å². The lowest BCUT2D eigenvalue weighted by atomic mass is 9.93. The Labute approximate surface area is 114 Å². The van der Waals surface area contributed by atoms with Crippen LogP contribution in [0.3, 0.4) is 0 Å². The molecule has 0 radical (unpaired) electrons. The smallest absolute Gasteiger partial charge is 0.270 e. The second kappa shape index (κ2) is 4.92. The molecule has 1 aliphatic heterocycles. The summed E-state index contributed by atoms with van der Waals surface area (Å²) < 4.78 is 16.3. The summed E-state index contributed by atoms with van der Waals surface area (Å²) in [5, 5.41) is 5.96. The molecule has 2 N–H and O–H groups in total. The van der Waals surface area contributed by atoms with Crippen molar-refractivity contribution < 1.29 is 14.0 Å². The second-order valence-corrected chi connectivity index (χ2v) is 5.36. The maximum Gasteiger partial charge on any atom is 0.270 e. The standard InChI is InChI=1S/C12H15N3O3S/c1-16-12(3-5-17-6-4-12)11-14-10(18-15-11)9-8(13)2-7-19-9/h2,7H,3-6,13H2,1H3. The predicted molar refractivity (Wildman–Crippen MR) is 70.8 cm³/mol. The van der Waals surface area contributed by atoms with E-state index in [9.17, 15) is 0 Å². The molecular weight excluding hydrogens is 266 g/mol. The van der Waals surface area contributed by atoms with Crippen LogP contribution in [0.15, 0.2) is 16.0 Å². The van der Waals surface area contributed by atoms with Gasteiger partial charge in [0.15, 0.2) is 0 Å². The predicted octanol–water partition coefficient (Wildman–Crippen LogP) is 2.03. The van der Waals surface area contributed by atoms with Gasteiger partial charge in [0.1, 0.15) is 10.5 Å². The van der Waals surface area contributed by atoms with Crippen LogP contribution in [0.4, 0.5) is 5.69 Å². The van der Waals surface area contributed by atoms with Crippen LogP contribution in [0.1, 0.15) is 18.7 Å². The highest BCUT2D eigenvalue weighted by molar-refractivity contribution is 7.14. The zero-order valence-corrected chi connectivity index (χ0v) is 11.4. The molecule has 19 heavy (non-hydrogen) atoms. The first kappa shape index (κ1) is 12.6. The Morgan fingerprint density at radius 2 is 2.21 bits per heavy atom. The molecular formula is C12H15N3O3S. The number of ether oxygens (including phenoxy) is 2. The minimum absolute atomic E-state index is 0.449. The Morgan fingerprint density at radius 1 is 1.42 bits per heavy atom. The zero-order chi connectivity index (χ0) is 13.3. The molecule has 7 heteroatoms. The number of nitrogens with zero attached hydrogens (tertiary/aromatic N) is 2. The Morgan fingerprint density at radius 3 is 2.84 bits per heavy atom. The maximum absolute atomic E-state index is 5.86. The first-order valence-corrected chi connectivity index (χ1v) is 6.93. The van der Waals surface area contributed by atoms with Crippen LogP contribution < -0.4 is 5.73 Å². The van der Waals surface area contributed by atoms with Gasteiger partial charge in [0.2, 0.25) is 5.82 Å². The average molecular weight is 281 g/mol. The molecule has 6 nitrogen and oxygen atoms in total. The Kier molecular flexibility index (Phi) is 3.26. The molecule has 2 aromatic rings. The summed E-state index contributed by atoms with van der Waals surface area (Å²) in [5.74, 6) is 1.02. The number of rotatable bonds is 3. The molecule has 0 amide bonds. The van der Waals surface area contributed by atoms with E-state index in [-0.39, 0.29) is 0 Å². The fourth-order valence-electron chi connectivity index (χ4n) is 2.21. The van der Waals surface area contributed by atoms with Crippen LogP contribution in [-0.4, -0.2) is 30.5 Å². The Balaban J connectivity index is 1.94. The monoisotopic (exact) mass is 281 g/mol. The van der Waals surface area contributed by atoms with Gasteiger partial charge in [-0.25, -0.2) is 0 Å². The minimum Gasteiger partial charge on any atom is -0.397 e. The summed E-state index contributed by atoms with van der Waals surface area (Å²) in [6, 6.07) is 1.82. The first-order valence-electron chi connectivity index (χ1n) is 6.05. The molecule has 0 aliphatic carbocycles. The summed E-state index contributed by atoms with van der Waals surface area (Å²) >= 11 is 1.48. The number of hydrogen-bond donors (Lipinski definition) is 1. The van der Waals surface area contributed by atoms with Gasteiger partial charge in [-0.3, -0.25) is 0 Å². The topological polar surface area (TPSA) is 83.4 Å². The van der Waals surface area contributed by atoms with Crippen molar-refractivity contribution in [3.63, 3.8) is 0 Å². The van der Waals surface area contributed by atoms with Gasteiger partial charge in [0.25, 0.3) is 5.89 Å². The van der Waals surface area contributed by atoms with Gasteiger partial charge in [0, 0.05) is 33.2 Å². The average Bonchev–Trinajstić information content (AvgIpc) is 3.08. The normalized spacial score (nSPS) is 18.6. The van der Waals surface area contributed by atoms with E-state index in [4.69, 9.17) is 19.7 Å². The van der Waals surface area contributed by atoms with Crippen LogP contribution in [-0.2, 0) is 15.1 Å². The molecule has 1 fully saturated rings. The molecule has 2 aromatic heterocycles. The first-order chi connectivity index (χ1) is 9.25. The summed E-state index contributed by atoms with van der Waals surface area (Å²) in [6.07, 6.45) is 1.45. The van der Waals surface area contributed by atoms with Crippen LogP contribution in [0.2, 0.25) is 0 Å². The number of anilines is 1. The van der Waals surface area contributed by atoms with Crippen molar-refractivity contribution in [1.29, 1.82) is 0 Å². The lowest BCUT2D eigenvalue weighted by molar-refractivity contribution is -0.101. The van der Waals surface area contributed by atoms with E-state index in [2.05, 4.69) is 10.1 Å². The van der Waals surface area contributed by atoms with E-state index in [1.165, 1.54) is 11.3 Å². The number of methoxy groups -OCH3 is 1. The molecule has 0 aromatic carbocycles. The van der Waals surface area contributed by atoms with E-state index in [1.807, 2.05) is 11.4 Å². The van der Waals surface area contributed by atoms with E-state index >= 15 is 0 Å². The highest BCUT2D eigenvalue weighted by atomic mass is 32.1. The Bertz CT molecular complexity index is 560. The third-order valence-electron chi connectivity index (χ3n) is 3.41. The van der Waals surface area contributed by atoms with Gasteiger partial charge in [-0.1, -0.05) is 5.16 Å². The van der Waals surface area contributed by atoms with Crippen molar-refractivity contribution in [3.8, 4) is 10.8 Å². The largest absolute Gasteiger partial charge is 0.397 e. The molecule has 1 saturated heterocycles. The van der Waals surface area contributed by atoms with E-state index in [0.29, 0.717) is 30.6 Å². The van der Waals surface area contributed by atoms with Crippen LogP contribution in [0.5, 0.6) is 0 Å². The quantitative estimate of drug-likeness (QED) is 0.926. The highest BCUT2D eigenvalue weighted by Crippen LogP contribution is 2.36. The second-order valence-electron chi connectivity index (χ2n) is 4.44. The van der Waals surface area contributed by atoms with Crippen molar-refractivity contribution >= 4 is 17.0 Å². The summed E-state index contributed by atoms with van der Waals surface area (Å²) in [4.78, 5) is 5.26. The van der Waals surface area contributed by atoms with E-state index < -0.39 is 5.60 Å². The molecule has 0 bridgehead atoms. The molecule has 0 atom stereocenters. The number of thiophene rings is 1. The van der Waals surface area contributed by atoms with Crippen LogP contribution >= 0.6 is 11.3 Å². The van der Waals surface area contributed by atoms with Gasteiger partial charge in [-0.2, -0.15) is 4.98 Å². The number of nitrogen functional groups attached to an aromatic ring is 1. The molecule has 0 unspecified atom stereocenters. The third-order valence-corrected chi connectivity index (χ3v) is 4.33. The van der Waals surface area contributed by atoms with Gasteiger partial charge in [-0.05, 0) is 11.4 Å². The Hall–Kier alpha value is -1.44.